The van der Waals surface area contributed by atoms with Gasteiger partial charge in [0.2, 0.25) is 0 Å². The fourth-order valence-corrected chi connectivity index (χ4v) is 5.26. The normalized spacial score (nSPS) is 17.5. The first-order valence-corrected chi connectivity index (χ1v) is 12.8. The van der Waals surface area contributed by atoms with Crippen molar-refractivity contribution in [2.75, 3.05) is 6.61 Å². The molecule has 1 unspecified atom stereocenters. The molecule has 3 heterocycles. The molecular weight excluding hydrogens is 480 g/mol. The van der Waals surface area contributed by atoms with Gasteiger partial charge in [-0.1, -0.05) is 39.0 Å². The molecule has 1 fully saturated rings. The molecule has 0 spiro atoms. The van der Waals surface area contributed by atoms with E-state index in [0.29, 0.717) is 17.9 Å². The number of para-hydroxylation sites is 1. The molecule has 0 bridgehead atoms. The Morgan fingerprint density at radius 1 is 1.11 bits per heavy atom. The van der Waals surface area contributed by atoms with Gasteiger partial charge in [-0.2, -0.15) is 0 Å². The molecule has 1 aliphatic rings. The van der Waals surface area contributed by atoms with Gasteiger partial charge in [-0.15, -0.1) is 0 Å². The summed E-state index contributed by atoms with van der Waals surface area (Å²) in [6.07, 6.45) is 1.53. The summed E-state index contributed by atoms with van der Waals surface area (Å²) < 4.78 is 11.4. The molecule has 1 amide bonds. The van der Waals surface area contributed by atoms with Crippen molar-refractivity contribution in [2.45, 2.75) is 52.6 Å². The smallest absolute Gasteiger partial charge is 0.296 e. The lowest BCUT2D eigenvalue weighted by Crippen LogP contribution is -2.29. The Hall–Kier alpha value is -4.26. The van der Waals surface area contributed by atoms with Crippen LogP contribution in [0.25, 0.3) is 16.7 Å². The third-order valence-electron chi connectivity index (χ3n) is 7.02. The second-order valence-corrected chi connectivity index (χ2v) is 10.6. The molecule has 4 aromatic rings. The van der Waals surface area contributed by atoms with Crippen LogP contribution in [0.1, 0.15) is 61.9 Å². The number of aliphatic hydroxyl groups is 1. The summed E-state index contributed by atoms with van der Waals surface area (Å²) in [6.45, 7) is 10.6. The minimum absolute atomic E-state index is 0.0541. The zero-order valence-corrected chi connectivity index (χ0v) is 22.3. The molecule has 0 radical (unpaired) electrons. The molecule has 0 saturated carbocycles. The maximum Gasteiger partial charge on any atom is 0.296 e. The third-order valence-corrected chi connectivity index (χ3v) is 7.02. The highest BCUT2D eigenvalue weighted by Crippen LogP contribution is 2.45. The highest BCUT2D eigenvalue weighted by Gasteiger charge is 2.47. The van der Waals surface area contributed by atoms with Crippen LogP contribution in [-0.4, -0.2) is 33.3 Å². The first-order valence-electron chi connectivity index (χ1n) is 12.8. The number of nitrogens with one attached hydrogen (secondary N) is 1. The predicted octanol–water partition coefficient (Wildman–Crippen LogP) is 6.39. The van der Waals surface area contributed by atoms with E-state index in [1.165, 1.54) is 11.2 Å². The lowest BCUT2D eigenvalue weighted by molar-refractivity contribution is -0.140. The summed E-state index contributed by atoms with van der Waals surface area (Å²) in [5, 5.41) is 12.6. The van der Waals surface area contributed by atoms with Crippen LogP contribution in [0.5, 0.6) is 5.75 Å². The molecule has 1 aliphatic heterocycles. The zero-order chi connectivity index (χ0) is 27.2. The van der Waals surface area contributed by atoms with Crippen molar-refractivity contribution in [3.05, 3.63) is 94.6 Å². The number of Topliss-reactive ketones (excluding diaryl/α,β-unsaturated/α-hetero) is 1. The molecule has 38 heavy (non-hydrogen) atoms. The van der Waals surface area contributed by atoms with E-state index in [-0.39, 0.29) is 23.3 Å². The van der Waals surface area contributed by atoms with Crippen molar-refractivity contribution in [1.82, 2.24) is 9.88 Å². The quantitative estimate of drug-likeness (QED) is 0.177. The number of hydrogen-bond donors (Lipinski definition) is 2. The topological polar surface area (TPSA) is 95.8 Å². The zero-order valence-electron chi connectivity index (χ0n) is 22.3. The number of aliphatic hydroxyl groups excluding tert-OH is 1. The Balaban J connectivity index is 1.74. The van der Waals surface area contributed by atoms with Gasteiger partial charge in [0.15, 0.2) is 0 Å². The van der Waals surface area contributed by atoms with Gasteiger partial charge in [-0.3, -0.25) is 9.59 Å². The maximum atomic E-state index is 13.6. The number of likely N-dealkylation sites (tertiary alicyclic amines) is 1. The number of aryl methyl sites for hydroxylation is 1. The summed E-state index contributed by atoms with van der Waals surface area (Å²) >= 11 is 0. The van der Waals surface area contributed by atoms with Crippen molar-refractivity contribution in [2.24, 2.45) is 0 Å². The van der Waals surface area contributed by atoms with Crippen LogP contribution in [0.4, 0.5) is 0 Å². The number of fused-ring (bicyclic) bond motifs is 1. The molecule has 1 atom stereocenters. The second kappa shape index (κ2) is 9.56. The second-order valence-electron chi connectivity index (χ2n) is 10.6. The number of H-pyrrole nitrogens is 1. The number of benzene rings is 2. The van der Waals surface area contributed by atoms with Gasteiger partial charge in [0, 0.05) is 33.3 Å². The summed E-state index contributed by atoms with van der Waals surface area (Å²) in [6, 6.07) is 15.8. The minimum atomic E-state index is -0.805. The van der Waals surface area contributed by atoms with Crippen LogP contribution in [0.15, 0.2) is 70.9 Å². The van der Waals surface area contributed by atoms with E-state index in [9.17, 15) is 14.7 Å². The third kappa shape index (κ3) is 4.28. The standard InChI is InChI=1S/C31H32N2O5/c1-6-37-24-14-13-19(16-22(24)31(3,4)5)28(34)26-27(25-18(2)32-23-12-8-7-11-21(23)25)33(30(36)29(26)35)17-20-10-9-15-38-20/h7-16,27,32,34H,6,17H2,1-5H3/b28-26+. The maximum absolute atomic E-state index is 13.6. The van der Waals surface area contributed by atoms with E-state index in [1.54, 1.807) is 18.2 Å². The van der Waals surface area contributed by atoms with Gasteiger partial charge in [0.25, 0.3) is 11.7 Å². The predicted molar refractivity (Wildman–Crippen MR) is 146 cm³/mol. The number of aromatic amines is 1. The Morgan fingerprint density at radius 3 is 2.55 bits per heavy atom. The Kier molecular flexibility index (Phi) is 6.39. The highest BCUT2D eigenvalue weighted by molar-refractivity contribution is 6.46. The van der Waals surface area contributed by atoms with Gasteiger partial charge in [0.1, 0.15) is 17.3 Å². The van der Waals surface area contributed by atoms with Crippen molar-refractivity contribution in [3.63, 3.8) is 0 Å². The largest absolute Gasteiger partial charge is 0.507 e. The van der Waals surface area contributed by atoms with E-state index in [0.717, 1.165) is 33.5 Å². The molecule has 196 valence electrons. The molecule has 1 saturated heterocycles. The van der Waals surface area contributed by atoms with E-state index >= 15 is 0 Å². The molecule has 2 N–H and O–H groups in total. The summed E-state index contributed by atoms with van der Waals surface area (Å²) in [4.78, 5) is 31.9. The Bertz CT molecular complexity index is 1550. The van der Waals surface area contributed by atoms with Crippen LogP contribution in [0.2, 0.25) is 0 Å². The SMILES string of the molecule is CCOc1ccc(/C(O)=C2\C(=O)C(=O)N(Cc3ccco3)C2c2c(C)[nH]c3ccccc23)cc1C(C)(C)C. The molecule has 2 aromatic carbocycles. The Labute approximate surface area is 221 Å². The number of hydrogen-bond acceptors (Lipinski definition) is 5. The van der Waals surface area contributed by atoms with E-state index in [1.807, 2.05) is 50.2 Å². The summed E-state index contributed by atoms with van der Waals surface area (Å²) in [7, 11) is 0. The fourth-order valence-electron chi connectivity index (χ4n) is 5.26. The Morgan fingerprint density at radius 2 is 1.87 bits per heavy atom. The van der Waals surface area contributed by atoms with Crippen LogP contribution in [-0.2, 0) is 21.5 Å². The molecule has 2 aromatic heterocycles. The van der Waals surface area contributed by atoms with E-state index in [4.69, 9.17) is 9.15 Å². The van der Waals surface area contributed by atoms with E-state index in [2.05, 4.69) is 25.8 Å². The molecule has 7 heteroatoms. The molecule has 7 nitrogen and oxygen atoms in total. The number of ketones is 1. The van der Waals surface area contributed by atoms with Crippen molar-refractivity contribution in [1.29, 1.82) is 0 Å². The van der Waals surface area contributed by atoms with Crippen molar-refractivity contribution >= 4 is 28.4 Å². The number of aromatic nitrogens is 1. The lowest BCUT2D eigenvalue weighted by Gasteiger charge is -2.26. The van der Waals surface area contributed by atoms with Crippen LogP contribution in [0, 0.1) is 6.92 Å². The number of furan rings is 1. The first-order chi connectivity index (χ1) is 18.1. The molecular formula is C31H32N2O5. The number of carbonyl (C=O) groups excluding carboxylic acids is 2. The summed E-state index contributed by atoms with van der Waals surface area (Å²) in [5.74, 6) is -0.354. The van der Waals surface area contributed by atoms with Gasteiger partial charge < -0.3 is 24.1 Å². The minimum Gasteiger partial charge on any atom is -0.507 e. The van der Waals surface area contributed by atoms with E-state index < -0.39 is 17.7 Å². The average Bonchev–Trinajstić information content (AvgIpc) is 3.57. The van der Waals surface area contributed by atoms with Crippen LogP contribution in [0.3, 0.4) is 0 Å². The van der Waals surface area contributed by atoms with Gasteiger partial charge in [-0.05, 0) is 55.7 Å². The lowest BCUT2D eigenvalue weighted by atomic mass is 9.84. The number of nitrogens with zero attached hydrogens (tertiary/aromatic N) is 1. The fraction of sp³-hybridized carbons (Fsp3) is 0.290. The number of carbonyl (C=O) groups is 2. The van der Waals surface area contributed by atoms with Crippen LogP contribution < -0.4 is 4.74 Å². The van der Waals surface area contributed by atoms with Gasteiger partial charge in [0.05, 0.1) is 31.0 Å². The number of rotatable bonds is 6. The number of ether oxygens (including phenoxy) is 1. The van der Waals surface area contributed by atoms with Crippen molar-refractivity contribution in [3.8, 4) is 5.75 Å². The van der Waals surface area contributed by atoms with Gasteiger partial charge >= 0.3 is 0 Å². The first kappa shape index (κ1) is 25.4. The highest BCUT2D eigenvalue weighted by atomic mass is 16.5. The molecule has 5 rings (SSSR count). The molecule has 0 aliphatic carbocycles. The average molecular weight is 513 g/mol. The van der Waals surface area contributed by atoms with Crippen LogP contribution >= 0.6 is 0 Å². The van der Waals surface area contributed by atoms with Gasteiger partial charge in [-0.25, -0.2) is 0 Å². The number of amides is 1. The monoisotopic (exact) mass is 512 g/mol. The summed E-state index contributed by atoms with van der Waals surface area (Å²) in [5.41, 5.74) is 3.60. The van der Waals surface area contributed by atoms with Crippen molar-refractivity contribution < 1.29 is 23.8 Å².